The van der Waals surface area contributed by atoms with E-state index >= 15 is 0 Å². The number of H-pyrrole nitrogens is 1. The molecule has 1 atom stereocenters. The summed E-state index contributed by atoms with van der Waals surface area (Å²) in [6.45, 7) is 4.91. The molecule has 3 aromatic heterocycles. The fourth-order valence-electron chi connectivity index (χ4n) is 5.09. The Kier molecular flexibility index (Phi) is 5.74. The zero-order valence-electron chi connectivity index (χ0n) is 19.7. The maximum absolute atomic E-state index is 13.3. The molecule has 35 heavy (non-hydrogen) atoms. The number of sulfonamides is 1. The van der Waals surface area contributed by atoms with Crippen LogP contribution in [0.1, 0.15) is 55.6 Å². The summed E-state index contributed by atoms with van der Waals surface area (Å²) in [6, 6.07) is 9.35. The highest BCUT2D eigenvalue weighted by molar-refractivity contribution is 7.90. The quantitative estimate of drug-likeness (QED) is 0.529. The van der Waals surface area contributed by atoms with Gasteiger partial charge in [-0.3, -0.25) is 14.7 Å². The molecule has 2 aliphatic heterocycles. The Hall–Kier alpha value is -3.47. The summed E-state index contributed by atoms with van der Waals surface area (Å²) in [5.74, 6) is 0.439. The molecule has 5 rings (SSSR count). The van der Waals surface area contributed by atoms with Crippen molar-refractivity contribution in [2.24, 2.45) is 5.92 Å². The number of aryl methyl sites for hydroxylation is 1. The number of nitrogens with one attached hydrogen (secondary N) is 2. The Bertz CT molecular complexity index is 1440. The molecule has 0 saturated carbocycles. The molecule has 0 aromatic carbocycles. The minimum atomic E-state index is -4.18. The molecule has 0 spiro atoms. The van der Waals surface area contributed by atoms with Crippen molar-refractivity contribution in [2.75, 3.05) is 11.4 Å². The molecule has 4 bridgehead atoms. The molecule has 2 aliphatic rings. The number of aromatic nitrogens is 4. The number of rotatable bonds is 1. The molecule has 1 unspecified atom stereocenters. The first kappa shape index (κ1) is 23.3. The second kappa shape index (κ2) is 8.63. The first-order valence-corrected chi connectivity index (χ1v) is 13.2. The van der Waals surface area contributed by atoms with Crippen LogP contribution < -0.4 is 15.2 Å². The maximum Gasteiger partial charge on any atom is 0.281 e. The summed E-state index contributed by atoms with van der Waals surface area (Å²) in [5.41, 5.74) is 0.266. The maximum atomic E-state index is 13.3. The third kappa shape index (κ3) is 4.60. The summed E-state index contributed by atoms with van der Waals surface area (Å²) >= 11 is 0. The fraction of sp³-hybridized carbons (Fsp3) is 0.417. The Morgan fingerprint density at radius 3 is 2.66 bits per heavy atom. The minimum Gasteiger partial charge on any atom is -0.350 e. The molecule has 11 heteroatoms. The monoisotopic (exact) mass is 496 g/mol. The SMILES string of the molecule is CC1(C)CC2CCCCc3cccc(n3)S(=O)(=O)NC(=O)c3ccc(-n4ccc(=O)[nH]4)nc3N1C2. The van der Waals surface area contributed by atoms with Gasteiger partial charge in [0.15, 0.2) is 10.8 Å². The van der Waals surface area contributed by atoms with Gasteiger partial charge in [0, 0.05) is 30.0 Å². The number of carbonyl (C=O) groups excluding carboxylic acids is 1. The van der Waals surface area contributed by atoms with Crippen molar-refractivity contribution in [1.82, 2.24) is 24.5 Å². The van der Waals surface area contributed by atoms with Gasteiger partial charge in [0.1, 0.15) is 5.82 Å². The molecule has 1 amide bonds. The molecule has 0 radical (unpaired) electrons. The van der Waals surface area contributed by atoms with Crippen molar-refractivity contribution in [3.05, 3.63) is 64.2 Å². The van der Waals surface area contributed by atoms with Crippen LogP contribution in [0.15, 0.2) is 52.4 Å². The lowest BCUT2D eigenvalue weighted by Gasteiger charge is -2.34. The van der Waals surface area contributed by atoms with E-state index in [9.17, 15) is 18.0 Å². The predicted octanol–water partition coefficient (Wildman–Crippen LogP) is 2.41. The smallest absolute Gasteiger partial charge is 0.281 e. The van der Waals surface area contributed by atoms with E-state index < -0.39 is 15.9 Å². The Morgan fingerprint density at radius 2 is 1.89 bits per heavy atom. The van der Waals surface area contributed by atoms with Gasteiger partial charge >= 0.3 is 0 Å². The van der Waals surface area contributed by atoms with Gasteiger partial charge < -0.3 is 4.90 Å². The normalized spacial score (nSPS) is 21.5. The highest BCUT2D eigenvalue weighted by Gasteiger charge is 2.40. The molecule has 1 saturated heterocycles. The van der Waals surface area contributed by atoms with Crippen LogP contribution in [0.4, 0.5) is 5.82 Å². The van der Waals surface area contributed by atoms with Crippen LogP contribution in [0.25, 0.3) is 5.82 Å². The highest BCUT2D eigenvalue weighted by Crippen LogP contribution is 2.39. The van der Waals surface area contributed by atoms with Crippen LogP contribution in [-0.2, 0) is 16.4 Å². The van der Waals surface area contributed by atoms with Crippen LogP contribution in [-0.4, -0.2) is 46.2 Å². The molecule has 10 nitrogen and oxygen atoms in total. The number of aromatic amines is 1. The molecule has 184 valence electrons. The summed E-state index contributed by atoms with van der Waals surface area (Å²) < 4.78 is 29.7. The van der Waals surface area contributed by atoms with E-state index in [1.807, 2.05) is 6.07 Å². The van der Waals surface area contributed by atoms with Gasteiger partial charge in [-0.2, -0.15) is 8.42 Å². The summed E-state index contributed by atoms with van der Waals surface area (Å²) in [7, 11) is -4.18. The van der Waals surface area contributed by atoms with Gasteiger partial charge in [0.25, 0.3) is 21.5 Å². The number of anilines is 1. The summed E-state index contributed by atoms with van der Waals surface area (Å²) in [4.78, 5) is 36.1. The molecular weight excluding hydrogens is 468 g/mol. The largest absolute Gasteiger partial charge is 0.350 e. The number of nitrogens with zero attached hydrogens (tertiary/aromatic N) is 4. The van der Waals surface area contributed by atoms with E-state index in [1.165, 1.54) is 16.8 Å². The van der Waals surface area contributed by atoms with Gasteiger partial charge in [-0.05, 0) is 69.7 Å². The zero-order valence-corrected chi connectivity index (χ0v) is 20.5. The lowest BCUT2D eigenvalue weighted by molar-refractivity contribution is 0.0981. The number of pyridine rings is 2. The summed E-state index contributed by atoms with van der Waals surface area (Å²) in [5, 5.41) is 2.47. The van der Waals surface area contributed by atoms with Crippen LogP contribution in [0.3, 0.4) is 0 Å². The number of amides is 1. The molecule has 0 aliphatic carbocycles. The van der Waals surface area contributed by atoms with Gasteiger partial charge in [0.2, 0.25) is 0 Å². The first-order valence-electron chi connectivity index (χ1n) is 11.7. The van der Waals surface area contributed by atoms with E-state index in [0.29, 0.717) is 36.2 Å². The highest BCUT2D eigenvalue weighted by atomic mass is 32.2. The van der Waals surface area contributed by atoms with E-state index in [1.54, 1.807) is 24.4 Å². The average molecular weight is 497 g/mol. The fourth-order valence-corrected chi connectivity index (χ4v) is 6.05. The number of hydrogen-bond acceptors (Lipinski definition) is 7. The van der Waals surface area contributed by atoms with Crippen LogP contribution in [0.5, 0.6) is 0 Å². The standard InChI is InChI=1S/C24H28N6O4S/c1-24(2)14-16-6-3-4-7-17-8-5-9-21(25-17)35(33,34)28-23(32)18-10-11-19(26-22(18)29(24)15-16)30-13-12-20(31)27-30/h5,8-13,16H,3-4,6-7,14-15H2,1-2H3,(H,27,31)(H,28,32). The molecule has 2 N–H and O–H groups in total. The second-order valence-corrected chi connectivity index (χ2v) is 11.5. The van der Waals surface area contributed by atoms with Crippen molar-refractivity contribution < 1.29 is 13.2 Å². The molecule has 1 fully saturated rings. The van der Waals surface area contributed by atoms with Gasteiger partial charge in [-0.15, -0.1) is 0 Å². The zero-order chi connectivity index (χ0) is 24.8. The molecular formula is C24H28N6O4S. The van der Waals surface area contributed by atoms with Crippen molar-refractivity contribution >= 4 is 21.7 Å². The second-order valence-electron chi connectivity index (χ2n) is 9.84. The minimum absolute atomic E-state index is 0.145. The van der Waals surface area contributed by atoms with Gasteiger partial charge in [-0.25, -0.2) is 19.4 Å². The lowest BCUT2D eigenvalue weighted by atomic mass is 9.92. The number of fused-ring (bicyclic) bond motifs is 6. The molecule has 3 aromatic rings. The van der Waals surface area contributed by atoms with Crippen molar-refractivity contribution in [2.45, 2.75) is 56.5 Å². The molecule has 5 heterocycles. The predicted molar refractivity (Wildman–Crippen MR) is 130 cm³/mol. The van der Waals surface area contributed by atoms with E-state index in [-0.39, 0.29) is 21.7 Å². The Labute approximate surface area is 203 Å². The van der Waals surface area contributed by atoms with E-state index in [0.717, 1.165) is 25.7 Å². The Morgan fingerprint density at radius 1 is 1.06 bits per heavy atom. The lowest BCUT2D eigenvalue weighted by Crippen LogP contribution is -2.41. The number of carbonyl (C=O) groups is 1. The third-order valence-electron chi connectivity index (χ3n) is 6.75. The Balaban J connectivity index is 1.63. The van der Waals surface area contributed by atoms with Crippen molar-refractivity contribution in [1.29, 1.82) is 0 Å². The third-order valence-corrected chi connectivity index (χ3v) is 7.98. The van der Waals surface area contributed by atoms with Crippen molar-refractivity contribution in [3.8, 4) is 5.82 Å². The van der Waals surface area contributed by atoms with E-state index in [4.69, 9.17) is 4.98 Å². The first-order chi connectivity index (χ1) is 16.6. The van der Waals surface area contributed by atoms with E-state index in [2.05, 4.69) is 33.6 Å². The van der Waals surface area contributed by atoms with Crippen LogP contribution in [0.2, 0.25) is 0 Å². The average Bonchev–Trinajstić information content (AvgIpc) is 3.37. The topological polar surface area (TPSA) is 130 Å². The van der Waals surface area contributed by atoms with Gasteiger partial charge in [0.05, 0.1) is 5.56 Å². The van der Waals surface area contributed by atoms with Gasteiger partial charge in [-0.1, -0.05) is 12.5 Å². The summed E-state index contributed by atoms with van der Waals surface area (Å²) in [6.07, 6.45) is 6.08. The van der Waals surface area contributed by atoms with Crippen LogP contribution >= 0.6 is 0 Å². The number of hydrogen-bond donors (Lipinski definition) is 2. The van der Waals surface area contributed by atoms with Crippen molar-refractivity contribution in [3.63, 3.8) is 0 Å². The van der Waals surface area contributed by atoms with Crippen LogP contribution in [0, 0.1) is 5.92 Å².